The molecule has 3 heterocycles. The van der Waals surface area contributed by atoms with Gasteiger partial charge in [-0.05, 0) is 31.9 Å². The lowest BCUT2D eigenvalue weighted by molar-refractivity contribution is -0.0425. The average molecular weight is 519 g/mol. The van der Waals surface area contributed by atoms with E-state index in [0.29, 0.717) is 16.9 Å². The maximum atomic E-state index is 13.6. The number of nitrogens with zero attached hydrogens (tertiary/aromatic N) is 4. The third-order valence-corrected chi connectivity index (χ3v) is 8.12. The second kappa shape index (κ2) is 9.58. The van der Waals surface area contributed by atoms with Gasteiger partial charge in [-0.15, -0.1) is 0 Å². The fourth-order valence-corrected chi connectivity index (χ4v) is 5.92. The van der Waals surface area contributed by atoms with Gasteiger partial charge in [-0.25, -0.2) is 14.6 Å². The Kier molecular flexibility index (Phi) is 6.62. The quantitative estimate of drug-likeness (QED) is 0.301. The van der Waals surface area contributed by atoms with Crippen LogP contribution >= 0.6 is 7.75 Å². The predicted molar refractivity (Wildman–Crippen MR) is 130 cm³/mol. The van der Waals surface area contributed by atoms with Crippen LogP contribution in [0.2, 0.25) is 0 Å². The highest BCUT2D eigenvalue weighted by Crippen LogP contribution is 2.48. The van der Waals surface area contributed by atoms with Gasteiger partial charge in [0.2, 0.25) is 11.8 Å². The van der Waals surface area contributed by atoms with Crippen LogP contribution in [0.25, 0.3) is 11.2 Å². The van der Waals surface area contributed by atoms with Crippen molar-refractivity contribution >= 4 is 24.9 Å². The Bertz CT molecular complexity index is 1270. The van der Waals surface area contributed by atoms with Gasteiger partial charge in [-0.3, -0.25) is 9.09 Å². The number of methoxy groups -OCH3 is 1. The highest BCUT2D eigenvalue weighted by Gasteiger charge is 2.53. The molecule has 2 aromatic heterocycles. The number of ether oxygens (including phenoxy) is 2. The molecule has 14 heteroatoms. The van der Waals surface area contributed by atoms with Crippen molar-refractivity contribution in [3.63, 3.8) is 0 Å². The number of aromatic nitrogens is 4. The lowest BCUT2D eigenvalue weighted by atomic mass is 9.93. The third-order valence-electron chi connectivity index (χ3n) is 6.50. The second-order valence-electron chi connectivity index (χ2n) is 9.21. The molecule has 0 spiro atoms. The highest BCUT2D eigenvalue weighted by molar-refractivity contribution is 7.52. The summed E-state index contributed by atoms with van der Waals surface area (Å²) in [6.07, 6.45) is 1.28. The van der Waals surface area contributed by atoms with Crippen molar-refractivity contribution < 1.29 is 28.2 Å². The third kappa shape index (κ3) is 4.65. The molecule has 36 heavy (non-hydrogen) atoms. The number of benzene rings is 1. The van der Waals surface area contributed by atoms with E-state index in [1.165, 1.54) is 13.4 Å². The van der Waals surface area contributed by atoms with Crippen molar-refractivity contribution in [1.29, 1.82) is 0 Å². The van der Waals surface area contributed by atoms with Crippen LogP contribution in [0.5, 0.6) is 11.6 Å². The van der Waals surface area contributed by atoms with Crippen molar-refractivity contribution in [2.24, 2.45) is 5.73 Å². The normalized spacial score (nSPS) is 28.1. The van der Waals surface area contributed by atoms with Gasteiger partial charge in [0, 0.05) is 6.04 Å². The smallest absolute Gasteiger partial charge is 0.459 e. The number of hydrogen-bond donors (Lipinski definition) is 4. The number of aliphatic hydroxyl groups is 1. The number of imidazole rings is 1. The number of anilines is 1. The zero-order chi connectivity index (χ0) is 25.5. The second-order valence-corrected chi connectivity index (χ2v) is 10.9. The number of hydrogen-bond acceptors (Lipinski definition) is 11. The van der Waals surface area contributed by atoms with Gasteiger partial charge in [-0.2, -0.15) is 9.97 Å². The van der Waals surface area contributed by atoms with Gasteiger partial charge in [0.25, 0.3) is 0 Å². The van der Waals surface area contributed by atoms with Crippen LogP contribution in [0, 0.1) is 0 Å². The summed E-state index contributed by atoms with van der Waals surface area (Å²) in [5.74, 6) is 0.590. The van der Waals surface area contributed by atoms with Crippen LogP contribution in [0.4, 0.5) is 5.95 Å². The highest BCUT2D eigenvalue weighted by atomic mass is 31.2. The Labute approximate surface area is 207 Å². The van der Waals surface area contributed by atoms with E-state index in [-0.39, 0.29) is 24.5 Å². The Morgan fingerprint density at radius 2 is 2.06 bits per heavy atom. The van der Waals surface area contributed by atoms with E-state index in [0.717, 1.165) is 19.3 Å². The number of fused-ring (bicyclic) bond motifs is 1. The van der Waals surface area contributed by atoms with Crippen LogP contribution in [0.3, 0.4) is 0 Å². The number of nitrogens with two attached hydrogens (primary N) is 2. The summed E-state index contributed by atoms with van der Waals surface area (Å²) in [4.78, 5) is 12.6. The Hall–Kier alpha value is -2.80. The molecule has 2 fully saturated rings. The maximum absolute atomic E-state index is 13.6. The molecule has 194 valence electrons. The number of aliphatic hydroxyl groups excluding tert-OH is 1. The standard InChI is InChI=1S/C22H30N7O6P/c1-22(24)17(30)15(34-20(22)29-12-25-16-18(29)26-21(23)27-19(16)32-2)11-33-36(31,28-13-7-6-8-13)35-14-9-4-3-5-10-14/h3-5,9-10,12-13,15,17,20,30H,6-8,11,24H2,1-2H3,(H,28,31)(H2,23,26,27)/t15-,17-,20-,22-,36?/m1/s1. The lowest BCUT2D eigenvalue weighted by Crippen LogP contribution is -2.52. The summed E-state index contributed by atoms with van der Waals surface area (Å²) < 4.78 is 38.1. The molecule has 1 saturated heterocycles. The maximum Gasteiger partial charge on any atom is 0.459 e. The molecule has 2 aliphatic rings. The van der Waals surface area contributed by atoms with E-state index in [2.05, 4.69) is 20.0 Å². The first-order chi connectivity index (χ1) is 17.2. The summed E-state index contributed by atoms with van der Waals surface area (Å²) in [6.45, 7) is 1.41. The summed E-state index contributed by atoms with van der Waals surface area (Å²) >= 11 is 0. The van der Waals surface area contributed by atoms with Gasteiger partial charge in [-0.1, -0.05) is 24.6 Å². The molecule has 1 aromatic carbocycles. The minimum atomic E-state index is -3.77. The molecule has 1 aliphatic carbocycles. The van der Waals surface area contributed by atoms with E-state index in [4.69, 9.17) is 30.0 Å². The molecule has 1 saturated carbocycles. The van der Waals surface area contributed by atoms with Gasteiger partial charge in [0.1, 0.15) is 18.0 Å². The first-order valence-electron chi connectivity index (χ1n) is 11.6. The van der Waals surface area contributed by atoms with Gasteiger partial charge in [0.05, 0.1) is 25.6 Å². The largest absolute Gasteiger partial charge is 0.479 e. The lowest BCUT2D eigenvalue weighted by Gasteiger charge is -2.31. The van der Waals surface area contributed by atoms with Crippen LogP contribution in [0.1, 0.15) is 32.4 Å². The van der Waals surface area contributed by atoms with Crippen molar-refractivity contribution in [3.05, 3.63) is 36.7 Å². The molecular weight excluding hydrogens is 489 g/mol. The number of rotatable bonds is 9. The number of para-hydroxylation sites is 1. The molecule has 6 N–H and O–H groups in total. The Morgan fingerprint density at radius 3 is 2.72 bits per heavy atom. The molecule has 5 atom stereocenters. The molecule has 5 rings (SSSR count). The fourth-order valence-electron chi connectivity index (χ4n) is 4.29. The summed E-state index contributed by atoms with van der Waals surface area (Å²) in [5.41, 5.74) is 11.8. The first-order valence-corrected chi connectivity index (χ1v) is 13.2. The van der Waals surface area contributed by atoms with Crippen LogP contribution in [-0.2, 0) is 13.8 Å². The van der Waals surface area contributed by atoms with E-state index in [1.807, 2.05) is 6.07 Å². The molecule has 0 radical (unpaired) electrons. The van der Waals surface area contributed by atoms with E-state index in [1.54, 1.807) is 35.8 Å². The van der Waals surface area contributed by atoms with E-state index >= 15 is 0 Å². The zero-order valence-electron chi connectivity index (χ0n) is 20.0. The fraction of sp³-hybridized carbons (Fsp3) is 0.500. The summed E-state index contributed by atoms with van der Waals surface area (Å²) in [5, 5.41) is 14.0. The van der Waals surface area contributed by atoms with Crippen LogP contribution < -0.4 is 25.8 Å². The van der Waals surface area contributed by atoms with Crippen molar-refractivity contribution in [3.8, 4) is 11.6 Å². The SMILES string of the molecule is COc1nc(N)nc2c1ncn2[C@@H]1O[C@H](COP(=O)(NC2CCC2)Oc2ccccc2)[C@@H](O)[C@@]1(C)N. The number of nitrogen functional groups attached to an aromatic ring is 1. The minimum absolute atomic E-state index is 0.0145. The average Bonchev–Trinajstić information content (AvgIpc) is 3.33. The minimum Gasteiger partial charge on any atom is -0.479 e. The van der Waals surface area contributed by atoms with Crippen LogP contribution in [-0.4, -0.2) is 62.1 Å². The number of nitrogens with one attached hydrogen (secondary N) is 1. The molecule has 1 aliphatic heterocycles. The zero-order valence-corrected chi connectivity index (χ0v) is 20.9. The summed E-state index contributed by atoms with van der Waals surface area (Å²) in [7, 11) is -2.33. The van der Waals surface area contributed by atoms with Crippen LogP contribution in [0.15, 0.2) is 36.7 Å². The monoisotopic (exact) mass is 519 g/mol. The van der Waals surface area contributed by atoms with Crippen molar-refractivity contribution in [1.82, 2.24) is 24.6 Å². The molecule has 3 aromatic rings. The van der Waals surface area contributed by atoms with Crippen molar-refractivity contribution in [2.45, 2.75) is 56.2 Å². The molecule has 13 nitrogen and oxygen atoms in total. The van der Waals surface area contributed by atoms with E-state index < -0.39 is 31.7 Å². The Balaban J connectivity index is 1.36. The molecule has 0 bridgehead atoms. The predicted octanol–water partition coefficient (Wildman–Crippen LogP) is 1.74. The van der Waals surface area contributed by atoms with Crippen molar-refractivity contribution in [2.75, 3.05) is 19.5 Å². The van der Waals surface area contributed by atoms with Gasteiger partial charge < -0.3 is 30.6 Å². The van der Waals surface area contributed by atoms with Gasteiger partial charge in [0.15, 0.2) is 17.4 Å². The Morgan fingerprint density at radius 1 is 1.31 bits per heavy atom. The summed E-state index contributed by atoms with van der Waals surface area (Å²) in [6, 6.07) is 8.79. The van der Waals surface area contributed by atoms with E-state index in [9.17, 15) is 9.67 Å². The first kappa shape index (κ1) is 24.9. The topological polar surface area (TPSA) is 182 Å². The van der Waals surface area contributed by atoms with Gasteiger partial charge >= 0.3 is 7.75 Å². The molecule has 0 amide bonds. The molecular formula is C22H30N7O6P. The molecule has 1 unspecified atom stereocenters.